The molecule has 0 aromatic heterocycles. The summed E-state index contributed by atoms with van der Waals surface area (Å²) < 4.78 is 6.87. The van der Waals surface area contributed by atoms with E-state index < -0.39 is 0 Å². The Kier molecular flexibility index (Phi) is 7.34. The molecular formula is C21H27BrN2O. The van der Waals surface area contributed by atoms with Crippen molar-refractivity contribution in [3.63, 3.8) is 0 Å². The van der Waals surface area contributed by atoms with Crippen LogP contribution in [0.1, 0.15) is 18.4 Å². The van der Waals surface area contributed by atoms with Crippen molar-refractivity contribution in [3.05, 3.63) is 64.6 Å². The summed E-state index contributed by atoms with van der Waals surface area (Å²) in [4.78, 5) is 5.14. The number of nitrogens with zero attached hydrogens (tertiary/aromatic N) is 2. The van der Waals surface area contributed by atoms with E-state index in [1.165, 1.54) is 44.7 Å². The van der Waals surface area contributed by atoms with Gasteiger partial charge in [0.1, 0.15) is 5.75 Å². The second kappa shape index (κ2) is 9.95. The molecular weight excluding hydrogens is 376 g/mol. The monoisotopic (exact) mass is 402 g/mol. The molecule has 3 nitrogen and oxygen atoms in total. The van der Waals surface area contributed by atoms with Crippen LogP contribution in [0.3, 0.4) is 0 Å². The minimum Gasteiger partial charge on any atom is -0.494 e. The number of ether oxygens (including phenoxy) is 1. The van der Waals surface area contributed by atoms with Gasteiger partial charge in [-0.15, -0.1) is 0 Å². The van der Waals surface area contributed by atoms with Crippen LogP contribution in [0.5, 0.6) is 5.75 Å². The summed E-state index contributed by atoms with van der Waals surface area (Å²) in [7, 11) is 0. The van der Waals surface area contributed by atoms with Crippen LogP contribution in [0.25, 0.3) is 0 Å². The van der Waals surface area contributed by atoms with Gasteiger partial charge < -0.3 is 9.64 Å². The van der Waals surface area contributed by atoms with Crippen LogP contribution >= 0.6 is 15.9 Å². The van der Waals surface area contributed by atoms with Crippen molar-refractivity contribution in [2.45, 2.75) is 19.4 Å². The van der Waals surface area contributed by atoms with E-state index in [2.05, 4.69) is 56.1 Å². The molecule has 3 rings (SSSR count). The Bertz CT molecular complexity index is 627. The normalized spacial score (nSPS) is 16.0. The van der Waals surface area contributed by atoms with E-state index in [0.29, 0.717) is 0 Å². The van der Waals surface area contributed by atoms with E-state index >= 15 is 0 Å². The van der Waals surface area contributed by atoms with Gasteiger partial charge in [0, 0.05) is 37.2 Å². The van der Waals surface area contributed by atoms with Crippen LogP contribution in [-0.4, -0.2) is 49.1 Å². The number of rotatable bonds is 8. The molecule has 0 N–H and O–H groups in total. The molecule has 0 saturated carbocycles. The minimum absolute atomic E-state index is 0.796. The average Bonchev–Trinajstić information content (AvgIpc) is 2.64. The molecule has 134 valence electrons. The summed E-state index contributed by atoms with van der Waals surface area (Å²) in [5.41, 5.74) is 1.42. The first-order chi connectivity index (χ1) is 12.3. The number of unbranched alkanes of at least 4 members (excludes halogenated alkanes) is 1. The lowest BCUT2D eigenvalue weighted by Crippen LogP contribution is -2.46. The van der Waals surface area contributed by atoms with Gasteiger partial charge in [-0.2, -0.15) is 0 Å². The molecule has 0 aliphatic carbocycles. The fraction of sp³-hybridized carbons (Fsp3) is 0.429. The molecule has 25 heavy (non-hydrogen) atoms. The predicted molar refractivity (Wildman–Crippen MR) is 107 cm³/mol. The van der Waals surface area contributed by atoms with E-state index in [1.807, 2.05) is 24.3 Å². The highest BCUT2D eigenvalue weighted by Gasteiger charge is 2.16. The molecule has 0 atom stereocenters. The zero-order valence-corrected chi connectivity index (χ0v) is 16.3. The molecule has 0 radical (unpaired) electrons. The van der Waals surface area contributed by atoms with Gasteiger partial charge in [0.25, 0.3) is 0 Å². The quantitative estimate of drug-likeness (QED) is 0.607. The third-order valence-corrected chi connectivity index (χ3v) is 5.14. The lowest BCUT2D eigenvalue weighted by molar-refractivity contribution is 0.124. The third-order valence-electron chi connectivity index (χ3n) is 4.65. The highest BCUT2D eigenvalue weighted by Crippen LogP contribution is 2.18. The van der Waals surface area contributed by atoms with Crippen LogP contribution in [0.15, 0.2) is 59.1 Å². The Morgan fingerprint density at radius 2 is 1.60 bits per heavy atom. The average molecular weight is 403 g/mol. The number of piperazine rings is 1. The smallest absolute Gasteiger partial charge is 0.120 e. The second-order valence-electron chi connectivity index (χ2n) is 6.62. The summed E-state index contributed by atoms with van der Waals surface area (Å²) in [6, 6.07) is 18.8. The standard InChI is InChI=1S/C21H27BrN2O/c22-20-9-6-10-21(17-20)25-16-5-4-11-23-12-14-24(15-13-23)18-19-7-2-1-3-8-19/h1-3,6-10,17H,4-5,11-16,18H2. The first kappa shape index (κ1) is 18.4. The van der Waals surface area contributed by atoms with Crippen molar-refractivity contribution in [1.82, 2.24) is 9.80 Å². The Balaban J connectivity index is 1.27. The third kappa shape index (κ3) is 6.46. The van der Waals surface area contributed by atoms with Crippen molar-refractivity contribution in [2.24, 2.45) is 0 Å². The maximum Gasteiger partial charge on any atom is 0.120 e. The molecule has 1 fully saturated rings. The van der Waals surface area contributed by atoms with Gasteiger partial charge in [-0.1, -0.05) is 52.3 Å². The Morgan fingerprint density at radius 3 is 2.36 bits per heavy atom. The number of benzene rings is 2. The van der Waals surface area contributed by atoms with Gasteiger partial charge in [0.2, 0.25) is 0 Å². The number of halogens is 1. The van der Waals surface area contributed by atoms with Crippen LogP contribution in [0, 0.1) is 0 Å². The van der Waals surface area contributed by atoms with Gasteiger partial charge in [-0.25, -0.2) is 0 Å². The van der Waals surface area contributed by atoms with Gasteiger partial charge in [0.15, 0.2) is 0 Å². The lowest BCUT2D eigenvalue weighted by atomic mass is 10.2. The van der Waals surface area contributed by atoms with Gasteiger partial charge in [-0.05, 0) is 43.1 Å². The maximum atomic E-state index is 5.80. The van der Waals surface area contributed by atoms with E-state index in [0.717, 1.165) is 29.8 Å². The van der Waals surface area contributed by atoms with E-state index in [-0.39, 0.29) is 0 Å². The van der Waals surface area contributed by atoms with Crippen molar-refractivity contribution in [1.29, 1.82) is 0 Å². The van der Waals surface area contributed by atoms with Crippen LogP contribution in [0.4, 0.5) is 0 Å². The van der Waals surface area contributed by atoms with E-state index in [9.17, 15) is 0 Å². The molecule has 1 aliphatic heterocycles. The topological polar surface area (TPSA) is 15.7 Å². The van der Waals surface area contributed by atoms with Gasteiger partial charge in [-0.3, -0.25) is 4.90 Å². The zero-order chi connectivity index (χ0) is 17.3. The van der Waals surface area contributed by atoms with Crippen molar-refractivity contribution < 1.29 is 4.74 Å². The highest BCUT2D eigenvalue weighted by atomic mass is 79.9. The van der Waals surface area contributed by atoms with Crippen molar-refractivity contribution in [2.75, 3.05) is 39.3 Å². The molecule has 2 aromatic rings. The first-order valence-corrected chi connectivity index (χ1v) is 9.96. The lowest BCUT2D eigenvalue weighted by Gasteiger charge is -2.34. The molecule has 2 aromatic carbocycles. The number of hydrogen-bond donors (Lipinski definition) is 0. The summed E-state index contributed by atoms with van der Waals surface area (Å²) >= 11 is 3.47. The van der Waals surface area contributed by atoms with Crippen LogP contribution in [-0.2, 0) is 6.54 Å². The Labute approximate surface area is 159 Å². The molecule has 0 spiro atoms. The highest BCUT2D eigenvalue weighted by molar-refractivity contribution is 9.10. The number of hydrogen-bond acceptors (Lipinski definition) is 3. The van der Waals surface area contributed by atoms with E-state index in [1.54, 1.807) is 0 Å². The molecule has 0 unspecified atom stereocenters. The summed E-state index contributed by atoms with van der Waals surface area (Å²) in [5, 5.41) is 0. The first-order valence-electron chi connectivity index (χ1n) is 9.16. The molecule has 1 heterocycles. The van der Waals surface area contributed by atoms with Gasteiger partial charge in [0.05, 0.1) is 6.61 Å². The molecule has 4 heteroatoms. The molecule has 1 saturated heterocycles. The maximum absolute atomic E-state index is 5.80. The summed E-state index contributed by atoms with van der Waals surface area (Å²) in [6.07, 6.45) is 2.31. The fourth-order valence-corrected chi connectivity index (χ4v) is 3.58. The van der Waals surface area contributed by atoms with Crippen molar-refractivity contribution >= 4 is 15.9 Å². The minimum atomic E-state index is 0.796. The summed E-state index contributed by atoms with van der Waals surface area (Å²) in [5.74, 6) is 0.948. The molecule has 0 amide bonds. The summed E-state index contributed by atoms with van der Waals surface area (Å²) in [6.45, 7) is 7.76. The van der Waals surface area contributed by atoms with Gasteiger partial charge >= 0.3 is 0 Å². The fourth-order valence-electron chi connectivity index (χ4n) is 3.20. The van der Waals surface area contributed by atoms with Crippen molar-refractivity contribution in [3.8, 4) is 5.75 Å². The Morgan fingerprint density at radius 1 is 0.840 bits per heavy atom. The SMILES string of the molecule is Brc1cccc(OCCCCN2CCN(Cc3ccccc3)CC2)c1. The molecule has 1 aliphatic rings. The predicted octanol–water partition coefficient (Wildman–Crippen LogP) is 4.43. The zero-order valence-electron chi connectivity index (χ0n) is 14.7. The van der Waals surface area contributed by atoms with E-state index in [4.69, 9.17) is 4.74 Å². The molecule has 0 bridgehead atoms. The second-order valence-corrected chi connectivity index (χ2v) is 7.53. The van der Waals surface area contributed by atoms with Crippen LogP contribution < -0.4 is 4.74 Å². The Hall–Kier alpha value is -1.36. The van der Waals surface area contributed by atoms with Crippen LogP contribution in [0.2, 0.25) is 0 Å². The largest absolute Gasteiger partial charge is 0.494 e.